The van der Waals surface area contributed by atoms with Crippen LogP contribution in [0.1, 0.15) is 64.2 Å². The summed E-state index contributed by atoms with van der Waals surface area (Å²) in [4.78, 5) is 6.68. The molecule has 0 spiro atoms. The normalized spacial score (nSPS) is 20.7. The molecule has 26 heavy (non-hydrogen) atoms. The summed E-state index contributed by atoms with van der Waals surface area (Å²) in [6, 6.07) is 17.1. The first-order valence-corrected chi connectivity index (χ1v) is 9.54. The molecule has 2 nitrogen and oxygen atoms in total. The van der Waals surface area contributed by atoms with Crippen molar-refractivity contribution in [3.8, 4) is 0 Å². The van der Waals surface area contributed by atoms with Crippen LogP contribution >= 0.6 is 0 Å². The Morgan fingerprint density at radius 3 is 2.08 bits per heavy atom. The van der Waals surface area contributed by atoms with Gasteiger partial charge in [0.2, 0.25) is 0 Å². The Morgan fingerprint density at radius 1 is 0.923 bits per heavy atom. The number of halogens is 1. The average molecular weight is 355 g/mol. The van der Waals surface area contributed by atoms with Crippen LogP contribution in [-0.2, 0) is 11.3 Å². The van der Waals surface area contributed by atoms with Crippen LogP contribution in [0.3, 0.4) is 0 Å². The molecule has 0 aliphatic carbocycles. The van der Waals surface area contributed by atoms with Crippen molar-refractivity contribution >= 4 is 0 Å². The summed E-state index contributed by atoms with van der Waals surface area (Å²) in [5, 5.41) is 2.21. The van der Waals surface area contributed by atoms with E-state index in [2.05, 4.69) is 44.9 Å². The van der Waals surface area contributed by atoms with Crippen molar-refractivity contribution in [2.75, 3.05) is 0 Å². The van der Waals surface area contributed by atoms with E-state index in [1.54, 1.807) is 0 Å². The fourth-order valence-corrected chi connectivity index (χ4v) is 4.11. The molecule has 0 aromatic heterocycles. The molecule has 3 heteroatoms. The lowest BCUT2D eigenvalue weighted by Crippen LogP contribution is -2.58. The van der Waals surface area contributed by atoms with Gasteiger partial charge in [-0.25, -0.2) is 4.39 Å². The van der Waals surface area contributed by atoms with Crippen molar-refractivity contribution in [1.29, 1.82) is 0 Å². The molecule has 0 bridgehead atoms. The Morgan fingerprint density at radius 2 is 1.50 bits per heavy atom. The third-order valence-corrected chi connectivity index (χ3v) is 5.42. The highest BCUT2D eigenvalue weighted by molar-refractivity contribution is 5.23. The van der Waals surface area contributed by atoms with E-state index in [0.717, 1.165) is 24.0 Å². The van der Waals surface area contributed by atoms with E-state index in [4.69, 9.17) is 4.84 Å². The van der Waals surface area contributed by atoms with Gasteiger partial charge in [0.15, 0.2) is 0 Å². The molecule has 3 rings (SSSR count). The van der Waals surface area contributed by atoms with Gasteiger partial charge < -0.3 is 0 Å². The van der Waals surface area contributed by atoms with E-state index >= 15 is 0 Å². The van der Waals surface area contributed by atoms with E-state index in [-0.39, 0.29) is 23.0 Å². The van der Waals surface area contributed by atoms with Gasteiger partial charge in [0.25, 0.3) is 0 Å². The fourth-order valence-electron chi connectivity index (χ4n) is 4.11. The van der Waals surface area contributed by atoms with Gasteiger partial charge in [0, 0.05) is 17.5 Å². The number of hydrogen-bond donors (Lipinski definition) is 0. The smallest absolute Gasteiger partial charge is 0.123 e. The summed E-state index contributed by atoms with van der Waals surface area (Å²) in [5.74, 6) is -0.204. The molecule has 1 atom stereocenters. The highest BCUT2D eigenvalue weighted by Gasteiger charge is 2.43. The molecule has 1 heterocycles. The van der Waals surface area contributed by atoms with E-state index in [9.17, 15) is 4.39 Å². The van der Waals surface area contributed by atoms with Crippen LogP contribution in [0.5, 0.6) is 0 Å². The molecule has 0 radical (unpaired) electrons. The molecule has 2 aromatic carbocycles. The standard InChI is InChI=1S/C23H30FNO/c1-22(2)15-8-16-23(3,4)25(22)26-21(19-9-6-5-7-10-19)17-18-11-13-20(24)14-12-18/h5-7,9-14,21H,8,15-17H2,1-4H3. The van der Waals surface area contributed by atoms with Crippen LogP contribution in [0, 0.1) is 5.82 Å². The first-order valence-electron chi connectivity index (χ1n) is 9.54. The van der Waals surface area contributed by atoms with Crippen LogP contribution in [0.25, 0.3) is 0 Å². The second kappa shape index (κ2) is 7.50. The van der Waals surface area contributed by atoms with Crippen molar-refractivity contribution in [2.45, 2.75) is 70.6 Å². The fraction of sp³-hybridized carbons (Fsp3) is 0.478. The zero-order valence-corrected chi connectivity index (χ0v) is 16.3. The number of hydrogen-bond acceptors (Lipinski definition) is 2. The van der Waals surface area contributed by atoms with Gasteiger partial charge in [-0.05, 0) is 70.2 Å². The third kappa shape index (κ3) is 4.33. The Balaban J connectivity index is 1.89. The molecule has 0 N–H and O–H groups in total. The molecular formula is C23H30FNO. The lowest BCUT2D eigenvalue weighted by atomic mass is 9.82. The third-order valence-electron chi connectivity index (χ3n) is 5.42. The van der Waals surface area contributed by atoms with Crippen LogP contribution in [0.2, 0.25) is 0 Å². The predicted molar refractivity (Wildman–Crippen MR) is 104 cm³/mol. The van der Waals surface area contributed by atoms with Gasteiger partial charge in [0.05, 0.1) is 0 Å². The summed E-state index contributed by atoms with van der Waals surface area (Å²) < 4.78 is 13.3. The highest BCUT2D eigenvalue weighted by Crippen LogP contribution is 2.41. The Kier molecular flexibility index (Phi) is 5.50. The maximum absolute atomic E-state index is 13.3. The second-order valence-corrected chi connectivity index (χ2v) is 8.61. The summed E-state index contributed by atoms with van der Waals surface area (Å²) in [5.41, 5.74) is 2.19. The zero-order valence-electron chi connectivity index (χ0n) is 16.3. The first-order chi connectivity index (χ1) is 12.3. The van der Waals surface area contributed by atoms with Crippen molar-refractivity contribution in [3.05, 3.63) is 71.5 Å². The summed E-state index contributed by atoms with van der Waals surface area (Å²) in [6.45, 7) is 9.03. The Labute approximate surface area is 156 Å². The lowest BCUT2D eigenvalue weighted by Gasteiger charge is -2.52. The Bertz CT molecular complexity index is 693. The molecule has 140 valence electrons. The molecule has 1 saturated heterocycles. The molecule has 0 amide bonds. The van der Waals surface area contributed by atoms with Gasteiger partial charge in [-0.3, -0.25) is 4.84 Å². The first kappa shape index (κ1) is 19.1. The monoisotopic (exact) mass is 355 g/mol. The quantitative estimate of drug-likeness (QED) is 0.644. The van der Waals surface area contributed by atoms with Crippen LogP contribution in [0.4, 0.5) is 4.39 Å². The summed E-state index contributed by atoms with van der Waals surface area (Å²) in [6.07, 6.45) is 4.07. The van der Waals surface area contributed by atoms with Crippen molar-refractivity contribution in [3.63, 3.8) is 0 Å². The van der Waals surface area contributed by atoms with Crippen molar-refractivity contribution in [2.24, 2.45) is 0 Å². The highest BCUT2D eigenvalue weighted by atomic mass is 19.1. The minimum absolute atomic E-state index is 0.0163. The van der Waals surface area contributed by atoms with Crippen molar-refractivity contribution < 1.29 is 9.23 Å². The number of nitrogens with zero attached hydrogens (tertiary/aromatic N) is 1. The maximum Gasteiger partial charge on any atom is 0.123 e. The Hall–Kier alpha value is -1.71. The van der Waals surface area contributed by atoms with E-state index in [1.165, 1.54) is 18.6 Å². The molecule has 1 aliphatic heterocycles. The zero-order chi connectivity index (χ0) is 18.8. The average Bonchev–Trinajstić information content (AvgIpc) is 2.59. The number of benzene rings is 2. The van der Waals surface area contributed by atoms with E-state index in [0.29, 0.717) is 6.42 Å². The molecule has 1 unspecified atom stereocenters. The molecule has 0 saturated carbocycles. The van der Waals surface area contributed by atoms with Gasteiger partial charge in [-0.15, -0.1) is 0 Å². The number of piperidine rings is 1. The number of rotatable bonds is 5. The molecule has 2 aromatic rings. The molecular weight excluding hydrogens is 325 g/mol. The SMILES string of the molecule is CC1(C)CCCC(C)(C)N1OC(Cc1ccc(F)cc1)c1ccccc1. The summed E-state index contributed by atoms with van der Waals surface area (Å²) >= 11 is 0. The summed E-state index contributed by atoms with van der Waals surface area (Å²) in [7, 11) is 0. The van der Waals surface area contributed by atoms with E-state index in [1.807, 2.05) is 30.3 Å². The van der Waals surface area contributed by atoms with Gasteiger partial charge in [-0.2, -0.15) is 5.06 Å². The second-order valence-electron chi connectivity index (χ2n) is 8.61. The topological polar surface area (TPSA) is 12.5 Å². The van der Waals surface area contributed by atoms with Crippen LogP contribution in [-0.4, -0.2) is 16.1 Å². The van der Waals surface area contributed by atoms with Gasteiger partial charge in [0.1, 0.15) is 11.9 Å². The predicted octanol–water partition coefficient (Wildman–Crippen LogP) is 6.08. The van der Waals surface area contributed by atoms with Crippen LogP contribution in [0.15, 0.2) is 54.6 Å². The van der Waals surface area contributed by atoms with Gasteiger partial charge >= 0.3 is 0 Å². The number of hydroxylamine groups is 2. The minimum atomic E-state index is -0.204. The van der Waals surface area contributed by atoms with Crippen molar-refractivity contribution in [1.82, 2.24) is 5.06 Å². The van der Waals surface area contributed by atoms with E-state index < -0.39 is 0 Å². The molecule has 1 aliphatic rings. The minimum Gasteiger partial charge on any atom is -0.290 e. The maximum atomic E-state index is 13.3. The lowest BCUT2D eigenvalue weighted by molar-refractivity contribution is -0.307. The largest absolute Gasteiger partial charge is 0.290 e. The van der Waals surface area contributed by atoms with Gasteiger partial charge in [-0.1, -0.05) is 42.5 Å². The molecule has 1 fully saturated rings. The van der Waals surface area contributed by atoms with Crippen LogP contribution < -0.4 is 0 Å².